The van der Waals surface area contributed by atoms with Crippen molar-refractivity contribution >= 4 is 15.9 Å². The van der Waals surface area contributed by atoms with E-state index in [-0.39, 0.29) is 5.82 Å². The van der Waals surface area contributed by atoms with E-state index < -0.39 is 0 Å². The highest BCUT2D eigenvalue weighted by molar-refractivity contribution is 9.09. The first-order chi connectivity index (χ1) is 6.27. The molecule has 1 rings (SSSR count). The Balaban J connectivity index is 2.81. The molecule has 0 radical (unpaired) electrons. The molecule has 0 atom stereocenters. The van der Waals surface area contributed by atoms with Gasteiger partial charge in [0.15, 0.2) is 0 Å². The van der Waals surface area contributed by atoms with E-state index in [4.69, 9.17) is 4.74 Å². The van der Waals surface area contributed by atoms with Crippen molar-refractivity contribution in [2.75, 3.05) is 12.4 Å². The van der Waals surface area contributed by atoms with Gasteiger partial charge >= 0.3 is 0 Å². The summed E-state index contributed by atoms with van der Waals surface area (Å²) in [5.74, 6) is 0.563. The summed E-state index contributed by atoms with van der Waals surface area (Å²) >= 11 is 3.34. The fourth-order valence-corrected chi connectivity index (χ4v) is 1.48. The van der Waals surface area contributed by atoms with E-state index in [1.165, 1.54) is 12.1 Å². The van der Waals surface area contributed by atoms with Crippen LogP contribution in [0.3, 0.4) is 0 Å². The predicted molar refractivity (Wildman–Crippen MR) is 55.1 cm³/mol. The number of halogens is 2. The topological polar surface area (TPSA) is 9.23 Å². The van der Waals surface area contributed by atoms with E-state index in [1.807, 2.05) is 0 Å². The van der Waals surface area contributed by atoms with Gasteiger partial charge in [0.2, 0.25) is 0 Å². The Kier molecular flexibility index (Phi) is 4.22. The SMILES string of the molecule is COc1ccc(F)cc1CCCBr. The number of benzene rings is 1. The van der Waals surface area contributed by atoms with Gasteiger partial charge in [-0.1, -0.05) is 15.9 Å². The number of alkyl halides is 1. The molecule has 72 valence electrons. The summed E-state index contributed by atoms with van der Waals surface area (Å²) in [5, 5.41) is 0.923. The van der Waals surface area contributed by atoms with Crippen molar-refractivity contribution in [2.24, 2.45) is 0 Å². The predicted octanol–water partition coefficient (Wildman–Crippen LogP) is 3.16. The molecule has 0 bridgehead atoms. The van der Waals surface area contributed by atoms with Crippen LogP contribution in [0.25, 0.3) is 0 Å². The molecule has 0 spiro atoms. The zero-order chi connectivity index (χ0) is 9.68. The molecule has 0 saturated heterocycles. The van der Waals surface area contributed by atoms with Crippen LogP contribution in [0.2, 0.25) is 0 Å². The molecule has 1 nitrogen and oxygen atoms in total. The van der Waals surface area contributed by atoms with Crippen LogP contribution in [0.5, 0.6) is 5.75 Å². The van der Waals surface area contributed by atoms with Gasteiger partial charge in [-0.05, 0) is 36.6 Å². The molecule has 0 fully saturated rings. The molecular weight excluding hydrogens is 235 g/mol. The first-order valence-electron chi connectivity index (χ1n) is 4.16. The molecule has 0 heterocycles. The van der Waals surface area contributed by atoms with Gasteiger partial charge in [-0.15, -0.1) is 0 Å². The maximum atomic E-state index is 12.8. The molecule has 0 N–H and O–H groups in total. The molecule has 3 heteroatoms. The average molecular weight is 247 g/mol. The third-order valence-corrected chi connectivity index (χ3v) is 2.38. The van der Waals surface area contributed by atoms with Crippen molar-refractivity contribution in [2.45, 2.75) is 12.8 Å². The Labute approximate surface area is 86.0 Å². The minimum Gasteiger partial charge on any atom is -0.496 e. The molecule has 1 aromatic carbocycles. The largest absolute Gasteiger partial charge is 0.496 e. The molecule has 0 aromatic heterocycles. The Bertz CT molecular complexity index is 276. The Hall–Kier alpha value is -0.570. The summed E-state index contributed by atoms with van der Waals surface area (Å²) in [6, 6.07) is 4.61. The highest BCUT2D eigenvalue weighted by atomic mass is 79.9. The summed E-state index contributed by atoms with van der Waals surface area (Å²) in [5.41, 5.74) is 0.932. The molecular formula is C10H12BrFO. The van der Waals surface area contributed by atoms with Crippen LogP contribution in [0.15, 0.2) is 18.2 Å². The summed E-state index contributed by atoms with van der Waals surface area (Å²) in [6.07, 6.45) is 1.83. The van der Waals surface area contributed by atoms with Crippen LogP contribution in [0.4, 0.5) is 4.39 Å². The highest BCUT2D eigenvalue weighted by Crippen LogP contribution is 2.20. The lowest BCUT2D eigenvalue weighted by Gasteiger charge is -2.07. The Morgan fingerprint density at radius 1 is 1.46 bits per heavy atom. The smallest absolute Gasteiger partial charge is 0.123 e. The van der Waals surface area contributed by atoms with Crippen LogP contribution in [-0.2, 0) is 6.42 Å². The second-order valence-electron chi connectivity index (χ2n) is 2.75. The van der Waals surface area contributed by atoms with Crippen LogP contribution >= 0.6 is 15.9 Å². The van der Waals surface area contributed by atoms with Gasteiger partial charge in [-0.25, -0.2) is 4.39 Å². The van der Waals surface area contributed by atoms with Crippen molar-refractivity contribution in [1.29, 1.82) is 0 Å². The summed E-state index contributed by atoms with van der Waals surface area (Å²) in [7, 11) is 1.60. The number of ether oxygens (including phenoxy) is 1. The zero-order valence-electron chi connectivity index (χ0n) is 7.52. The standard InChI is InChI=1S/C10H12BrFO/c1-13-10-5-4-9(12)7-8(10)3-2-6-11/h4-5,7H,2-3,6H2,1H3. The minimum absolute atomic E-state index is 0.203. The van der Waals surface area contributed by atoms with Gasteiger partial charge < -0.3 is 4.74 Å². The average Bonchev–Trinajstić information content (AvgIpc) is 2.15. The quantitative estimate of drug-likeness (QED) is 0.742. The number of aryl methyl sites for hydroxylation is 1. The third kappa shape index (κ3) is 2.99. The number of hydrogen-bond donors (Lipinski definition) is 0. The van der Waals surface area contributed by atoms with Crippen LogP contribution < -0.4 is 4.74 Å². The molecule has 13 heavy (non-hydrogen) atoms. The van der Waals surface area contributed by atoms with E-state index in [9.17, 15) is 4.39 Å². The van der Waals surface area contributed by atoms with E-state index in [2.05, 4.69) is 15.9 Å². The van der Waals surface area contributed by atoms with Crippen LogP contribution in [0, 0.1) is 5.82 Å². The highest BCUT2D eigenvalue weighted by Gasteiger charge is 2.03. The lowest BCUT2D eigenvalue weighted by atomic mass is 10.1. The maximum Gasteiger partial charge on any atom is 0.123 e. The molecule has 0 unspecified atom stereocenters. The second kappa shape index (κ2) is 5.22. The third-order valence-electron chi connectivity index (χ3n) is 1.82. The van der Waals surface area contributed by atoms with Crippen molar-refractivity contribution in [1.82, 2.24) is 0 Å². The van der Waals surface area contributed by atoms with Crippen molar-refractivity contribution < 1.29 is 9.13 Å². The monoisotopic (exact) mass is 246 g/mol. The fourth-order valence-electron chi connectivity index (χ4n) is 1.20. The van der Waals surface area contributed by atoms with Crippen molar-refractivity contribution in [3.63, 3.8) is 0 Å². The molecule has 0 aliphatic carbocycles. The van der Waals surface area contributed by atoms with Crippen molar-refractivity contribution in [3.8, 4) is 5.75 Å². The van der Waals surface area contributed by atoms with Gasteiger partial charge in [0.25, 0.3) is 0 Å². The van der Waals surface area contributed by atoms with Gasteiger partial charge in [-0.2, -0.15) is 0 Å². The van der Waals surface area contributed by atoms with E-state index >= 15 is 0 Å². The maximum absolute atomic E-state index is 12.8. The molecule has 0 saturated carbocycles. The minimum atomic E-state index is -0.203. The fraction of sp³-hybridized carbons (Fsp3) is 0.400. The normalized spacial score (nSPS) is 10.1. The lowest BCUT2D eigenvalue weighted by molar-refractivity contribution is 0.408. The van der Waals surface area contributed by atoms with Gasteiger partial charge in [0.05, 0.1) is 7.11 Å². The first-order valence-corrected chi connectivity index (χ1v) is 5.28. The Morgan fingerprint density at radius 2 is 2.23 bits per heavy atom. The number of rotatable bonds is 4. The molecule has 0 amide bonds. The molecule has 0 aliphatic rings. The first kappa shape index (κ1) is 10.5. The number of hydrogen-bond acceptors (Lipinski definition) is 1. The summed E-state index contributed by atoms with van der Waals surface area (Å²) in [4.78, 5) is 0. The van der Waals surface area contributed by atoms with Gasteiger partial charge in [-0.3, -0.25) is 0 Å². The van der Waals surface area contributed by atoms with E-state index in [0.717, 1.165) is 29.5 Å². The van der Waals surface area contributed by atoms with E-state index in [0.29, 0.717) is 0 Å². The lowest BCUT2D eigenvalue weighted by Crippen LogP contribution is -1.93. The zero-order valence-corrected chi connectivity index (χ0v) is 9.10. The van der Waals surface area contributed by atoms with E-state index in [1.54, 1.807) is 13.2 Å². The van der Waals surface area contributed by atoms with Gasteiger partial charge in [0.1, 0.15) is 11.6 Å². The molecule has 1 aromatic rings. The summed E-state index contributed by atoms with van der Waals surface area (Å²) in [6.45, 7) is 0. The summed E-state index contributed by atoms with van der Waals surface area (Å²) < 4.78 is 18.0. The van der Waals surface area contributed by atoms with Crippen LogP contribution in [-0.4, -0.2) is 12.4 Å². The molecule has 0 aliphatic heterocycles. The Morgan fingerprint density at radius 3 is 2.85 bits per heavy atom. The van der Waals surface area contributed by atoms with Gasteiger partial charge in [0, 0.05) is 5.33 Å². The van der Waals surface area contributed by atoms with Crippen molar-refractivity contribution in [3.05, 3.63) is 29.6 Å². The van der Waals surface area contributed by atoms with Crippen LogP contribution in [0.1, 0.15) is 12.0 Å². The number of methoxy groups -OCH3 is 1. The second-order valence-corrected chi connectivity index (χ2v) is 3.54.